The van der Waals surface area contributed by atoms with Crippen molar-refractivity contribution in [1.82, 2.24) is 24.6 Å². The molecule has 1 saturated heterocycles. The fraction of sp³-hybridized carbons (Fsp3) is 0.316. The van der Waals surface area contributed by atoms with E-state index in [1.807, 2.05) is 55.4 Å². The maximum absolute atomic E-state index is 13.1. The highest BCUT2D eigenvalue weighted by molar-refractivity contribution is 5.95. The van der Waals surface area contributed by atoms with Gasteiger partial charge in [0.25, 0.3) is 5.91 Å². The molecular weight excluding hydrogens is 314 g/mol. The number of rotatable bonds is 3. The van der Waals surface area contributed by atoms with Crippen LogP contribution < -0.4 is 0 Å². The minimum atomic E-state index is 0.0674. The lowest BCUT2D eigenvalue weighted by molar-refractivity contribution is 0.0731. The molecule has 1 aliphatic heterocycles. The van der Waals surface area contributed by atoms with Crippen LogP contribution in [0, 0.1) is 6.92 Å². The van der Waals surface area contributed by atoms with Gasteiger partial charge in [0.05, 0.1) is 6.04 Å². The van der Waals surface area contributed by atoms with E-state index in [2.05, 4.69) is 25.8 Å². The van der Waals surface area contributed by atoms with Crippen LogP contribution in [0.5, 0.6) is 0 Å². The van der Waals surface area contributed by atoms with Crippen LogP contribution in [0.2, 0.25) is 0 Å². The molecule has 0 saturated carbocycles. The van der Waals surface area contributed by atoms with Crippen molar-refractivity contribution >= 4 is 5.91 Å². The molecule has 25 heavy (non-hydrogen) atoms. The van der Waals surface area contributed by atoms with E-state index >= 15 is 0 Å². The third-order valence-electron chi connectivity index (χ3n) is 4.80. The van der Waals surface area contributed by atoms with Gasteiger partial charge < -0.3 is 9.47 Å². The normalized spacial score (nSPS) is 17.2. The van der Waals surface area contributed by atoms with Gasteiger partial charge in [-0.2, -0.15) is 5.10 Å². The summed E-state index contributed by atoms with van der Waals surface area (Å²) in [5, 5.41) is 7.03. The fourth-order valence-corrected chi connectivity index (χ4v) is 3.57. The Labute approximate surface area is 146 Å². The maximum atomic E-state index is 13.1. The second kappa shape index (κ2) is 6.20. The summed E-state index contributed by atoms with van der Waals surface area (Å²) in [5.74, 6) is 1.44. The SMILES string of the molecule is Cc1nc(-c2cccc(C(=O)N3CCCC3c3cccn3C)c2)n[nH]1. The minimum absolute atomic E-state index is 0.0674. The predicted molar refractivity (Wildman–Crippen MR) is 95.0 cm³/mol. The molecule has 3 heterocycles. The van der Waals surface area contributed by atoms with Crippen LogP contribution in [0.3, 0.4) is 0 Å². The van der Waals surface area contributed by atoms with Crippen LogP contribution in [-0.2, 0) is 7.05 Å². The molecule has 1 unspecified atom stereocenters. The summed E-state index contributed by atoms with van der Waals surface area (Å²) in [4.78, 5) is 19.5. The average Bonchev–Trinajstić information content (AvgIpc) is 3.34. The molecule has 1 fully saturated rings. The van der Waals surface area contributed by atoms with E-state index in [0.29, 0.717) is 11.4 Å². The molecule has 4 rings (SSSR count). The molecule has 6 heteroatoms. The van der Waals surface area contributed by atoms with E-state index < -0.39 is 0 Å². The van der Waals surface area contributed by atoms with Gasteiger partial charge in [-0.3, -0.25) is 9.89 Å². The number of hydrogen-bond donors (Lipinski definition) is 1. The summed E-state index contributed by atoms with van der Waals surface area (Å²) in [5.41, 5.74) is 2.72. The van der Waals surface area contributed by atoms with Crippen LogP contribution >= 0.6 is 0 Å². The Balaban J connectivity index is 1.63. The summed E-state index contributed by atoms with van der Waals surface area (Å²) in [7, 11) is 2.03. The smallest absolute Gasteiger partial charge is 0.254 e. The zero-order valence-corrected chi connectivity index (χ0v) is 14.4. The molecule has 1 atom stereocenters. The van der Waals surface area contributed by atoms with E-state index in [4.69, 9.17) is 0 Å². The molecule has 128 valence electrons. The molecule has 1 amide bonds. The van der Waals surface area contributed by atoms with E-state index in [1.165, 1.54) is 5.69 Å². The maximum Gasteiger partial charge on any atom is 0.254 e. The third kappa shape index (κ3) is 2.84. The first-order chi connectivity index (χ1) is 12.1. The van der Waals surface area contributed by atoms with Gasteiger partial charge in [-0.25, -0.2) is 4.98 Å². The zero-order valence-electron chi connectivity index (χ0n) is 14.4. The lowest BCUT2D eigenvalue weighted by atomic mass is 10.1. The van der Waals surface area contributed by atoms with Gasteiger partial charge in [0.15, 0.2) is 5.82 Å². The second-order valence-electron chi connectivity index (χ2n) is 6.53. The van der Waals surface area contributed by atoms with Crippen molar-refractivity contribution in [3.05, 3.63) is 59.7 Å². The summed E-state index contributed by atoms with van der Waals surface area (Å²) in [6.45, 7) is 2.65. The lowest BCUT2D eigenvalue weighted by Crippen LogP contribution is -2.31. The van der Waals surface area contributed by atoms with Crippen molar-refractivity contribution in [2.45, 2.75) is 25.8 Å². The number of aromatic amines is 1. The van der Waals surface area contributed by atoms with Crippen molar-refractivity contribution in [2.75, 3.05) is 6.54 Å². The molecule has 1 N–H and O–H groups in total. The Morgan fingerprint density at radius 3 is 2.88 bits per heavy atom. The highest BCUT2D eigenvalue weighted by atomic mass is 16.2. The number of carbonyl (C=O) groups excluding carboxylic acids is 1. The fourth-order valence-electron chi connectivity index (χ4n) is 3.57. The van der Waals surface area contributed by atoms with Crippen LogP contribution in [0.25, 0.3) is 11.4 Å². The number of carbonyl (C=O) groups is 1. The van der Waals surface area contributed by atoms with Crippen LogP contribution in [0.1, 0.15) is 40.8 Å². The zero-order chi connectivity index (χ0) is 17.4. The number of likely N-dealkylation sites (tertiary alicyclic amines) is 1. The number of benzene rings is 1. The first kappa shape index (κ1) is 15.6. The standard InChI is InChI=1S/C19H21N5O/c1-13-20-18(22-21-13)14-6-3-7-15(12-14)19(25)24-11-5-9-17(24)16-8-4-10-23(16)2/h3-4,6-8,10,12,17H,5,9,11H2,1-2H3,(H,20,21,22). The minimum Gasteiger partial charge on any atom is -0.353 e. The number of nitrogens with zero attached hydrogens (tertiary/aromatic N) is 4. The Kier molecular flexibility index (Phi) is 3.87. The van der Waals surface area contributed by atoms with Crippen molar-refractivity contribution in [3.63, 3.8) is 0 Å². The molecular formula is C19H21N5O. The molecule has 6 nitrogen and oxygen atoms in total. The molecule has 1 aliphatic rings. The Morgan fingerprint density at radius 1 is 1.28 bits per heavy atom. The van der Waals surface area contributed by atoms with Crippen LogP contribution in [0.4, 0.5) is 0 Å². The first-order valence-corrected chi connectivity index (χ1v) is 8.55. The highest BCUT2D eigenvalue weighted by Gasteiger charge is 2.32. The van der Waals surface area contributed by atoms with Gasteiger partial charge in [-0.15, -0.1) is 0 Å². The molecule has 2 aromatic heterocycles. The number of amides is 1. The van der Waals surface area contributed by atoms with Gasteiger partial charge in [0, 0.05) is 36.6 Å². The number of H-pyrrole nitrogens is 1. The van der Waals surface area contributed by atoms with E-state index in [9.17, 15) is 4.79 Å². The summed E-state index contributed by atoms with van der Waals surface area (Å²) in [6, 6.07) is 11.8. The highest BCUT2D eigenvalue weighted by Crippen LogP contribution is 2.33. The van der Waals surface area contributed by atoms with Gasteiger partial charge in [0.2, 0.25) is 0 Å². The molecule has 1 aromatic carbocycles. The van der Waals surface area contributed by atoms with Crippen molar-refractivity contribution in [1.29, 1.82) is 0 Å². The molecule has 0 spiro atoms. The van der Waals surface area contributed by atoms with Crippen LogP contribution in [0.15, 0.2) is 42.6 Å². The average molecular weight is 335 g/mol. The number of nitrogens with one attached hydrogen (secondary N) is 1. The van der Waals surface area contributed by atoms with Crippen molar-refractivity contribution in [2.24, 2.45) is 7.05 Å². The summed E-state index contributed by atoms with van der Waals surface area (Å²) < 4.78 is 2.10. The van der Waals surface area contributed by atoms with Crippen LogP contribution in [-0.4, -0.2) is 37.1 Å². The topological polar surface area (TPSA) is 66.8 Å². The quantitative estimate of drug-likeness (QED) is 0.800. The third-order valence-corrected chi connectivity index (χ3v) is 4.80. The Morgan fingerprint density at radius 2 is 2.16 bits per heavy atom. The summed E-state index contributed by atoms with van der Waals surface area (Å²) >= 11 is 0. The van der Waals surface area contributed by atoms with Crippen molar-refractivity contribution < 1.29 is 4.79 Å². The van der Waals surface area contributed by atoms with Gasteiger partial charge in [-0.05, 0) is 44.0 Å². The number of hydrogen-bond acceptors (Lipinski definition) is 3. The molecule has 0 bridgehead atoms. The molecule has 0 aliphatic carbocycles. The van der Waals surface area contributed by atoms with Gasteiger partial charge in [-0.1, -0.05) is 12.1 Å². The van der Waals surface area contributed by atoms with Gasteiger partial charge in [0.1, 0.15) is 5.82 Å². The largest absolute Gasteiger partial charge is 0.353 e. The molecule has 0 radical (unpaired) electrons. The second-order valence-corrected chi connectivity index (χ2v) is 6.53. The predicted octanol–water partition coefficient (Wildman–Crippen LogP) is 3.10. The first-order valence-electron chi connectivity index (χ1n) is 8.55. The molecule has 3 aromatic rings. The van der Waals surface area contributed by atoms with E-state index in [0.717, 1.165) is 30.8 Å². The monoisotopic (exact) mass is 335 g/mol. The number of aromatic nitrogens is 4. The number of aryl methyl sites for hydroxylation is 2. The van der Waals surface area contributed by atoms with E-state index in [1.54, 1.807) is 0 Å². The van der Waals surface area contributed by atoms with Crippen molar-refractivity contribution in [3.8, 4) is 11.4 Å². The Bertz CT molecular complexity index is 910. The van der Waals surface area contributed by atoms with Gasteiger partial charge >= 0.3 is 0 Å². The van der Waals surface area contributed by atoms with E-state index in [-0.39, 0.29) is 11.9 Å². The summed E-state index contributed by atoms with van der Waals surface area (Å²) in [6.07, 6.45) is 4.06. The Hall–Kier alpha value is -2.89. The lowest BCUT2D eigenvalue weighted by Gasteiger charge is -2.25.